The van der Waals surface area contributed by atoms with Crippen molar-refractivity contribution in [3.63, 3.8) is 0 Å². The van der Waals surface area contributed by atoms with Gasteiger partial charge in [-0.3, -0.25) is 9.59 Å². The number of hydrogen-bond acceptors (Lipinski definition) is 3. The van der Waals surface area contributed by atoms with Crippen molar-refractivity contribution in [1.29, 1.82) is 0 Å². The minimum atomic E-state index is -0.215. The van der Waals surface area contributed by atoms with Crippen molar-refractivity contribution in [3.8, 4) is 0 Å². The third-order valence-corrected chi connectivity index (χ3v) is 7.10. The molecular weight excluding hydrogens is 399 g/mol. The van der Waals surface area contributed by atoms with E-state index in [0.717, 1.165) is 43.4 Å². The van der Waals surface area contributed by atoms with E-state index in [-0.39, 0.29) is 29.6 Å². The Morgan fingerprint density at radius 2 is 2.00 bits per heavy atom. The zero-order chi connectivity index (χ0) is 21.5. The van der Waals surface area contributed by atoms with Crippen LogP contribution in [0.1, 0.15) is 44.1 Å². The first-order valence-electron chi connectivity index (χ1n) is 11.0. The number of carbonyl (C=O) groups is 2. The molecule has 0 bridgehead atoms. The number of amides is 2. The van der Waals surface area contributed by atoms with Crippen LogP contribution in [-0.4, -0.2) is 59.8 Å². The number of likely N-dealkylation sites (tertiary alicyclic amines) is 1. The molecule has 1 aliphatic heterocycles. The highest BCUT2D eigenvalue weighted by Gasteiger charge is 2.33. The van der Waals surface area contributed by atoms with Gasteiger partial charge in [-0.2, -0.15) is 11.8 Å². The van der Waals surface area contributed by atoms with Crippen LogP contribution in [-0.2, 0) is 16.0 Å². The summed E-state index contributed by atoms with van der Waals surface area (Å²) in [5, 5.41) is 0. The van der Waals surface area contributed by atoms with E-state index in [4.69, 9.17) is 0 Å². The lowest BCUT2D eigenvalue weighted by atomic mass is 9.84. The van der Waals surface area contributed by atoms with E-state index in [1.54, 1.807) is 17.8 Å². The fraction of sp³-hybridized carbons (Fsp3) is 0.583. The molecule has 3 rings (SSSR count). The third kappa shape index (κ3) is 5.65. The SMILES string of the molecule is CSCCC(=O)N(C)C(Cc1ccccc1F)C1CCN(C(=O)C2=CCCC2)CC1. The fourth-order valence-corrected chi connectivity index (χ4v) is 4.99. The van der Waals surface area contributed by atoms with Crippen LogP contribution in [0.15, 0.2) is 35.9 Å². The summed E-state index contributed by atoms with van der Waals surface area (Å²) in [7, 11) is 1.86. The summed E-state index contributed by atoms with van der Waals surface area (Å²) in [6.45, 7) is 1.42. The number of allylic oxidation sites excluding steroid dienone is 1. The van der Waals surface area contributed by atoms with Gasteiger partial charge in [0.15, 0.2) is 0 Å². The number of likely N-dealkylation sites (N-methyl/N-ethyl adjacent to an activating group) is 1. The van der Waals surface area contributed by atoms with Gasteiger partial charge in [-0.1, -0.05) is 24.3 Å². The van der Waals surface area contributed by atoms with Crippen molar-refractivity contribution in [2.45, 2.75) is 51.0 Å². The Morgan fingerprint density at radius 1 is 1.27 bits per heavy atom. The van der Waals surface area contributed by atoms with Gasteiger partial charge in [0.2, 0.25) is 11.8 Å². The minimum absolute atomic E-state index is 0.0563. The van der Waals surface area contributed by atoms with Crippen molar-refractivity contribution in [1.82, 2.24) is 9.80 Å². The number of piperidine rings is 1. The summed E-state index contributed by atoms with van der Waals surface area (Å²) in [5.41, 5.74) is 1.61. The molecule has 1 aliphatic carbocycles. The van der Waals surface area contributed by atoms with Gasteiger partial charge in [0.25, 0.3) is 0 Å². The molecule has 30 heavy (non-hydrogen) atoms. The highest BCUT2D eigenvalue weighted by molar-refractivity contribution is 7.98. The van der Waals surface area contributed by atoms with Crippen LogP contribution in [0.4, 0.5) is 4.39 Å². The number of halogens is 1. The summed E-state index contributed by atoms with van der Waals surface area (Å²) in [6.07, 6.45) is 9.74. The van der Waals surface area contributed by atoms with E-state index in [0.29, 0.717) is 31.5 Å². The molecule has 1 unspecified atom stereocenters. The van der Waals surface area contributed by atoms with E-state index in [1.807, 2.05) is 35.2 Å². The smallest absolute Gasteiger partial charge is 0.249 e. The molecule has 2 aliphatic rings. The van der Waals surface area contributed by atoms with Crippen molar-refractivity contribution in [3.05, 3.63) is 47.3 Å². The van der Waals surface area contributed by atoms with Gasteiger partial charge in [-0.25, -0.2) is 4.39 Å². The van der Waals surface area contributed by atoms with E-state index in [1.165, 1.54) is 6.07 Å². The molecule has 0 saturated carbocycles. The van der Waals surface area contributed by atoms with Gasteiger partial charge in [0, 0.05) is 43.9 Å². The minimum Gasteiger partial charge on any atom is -0.342 e. The summed E-state index contributed by atoms with van der Waals surface area (Å²) in [4.78, 5) is 29.3. The van der Waals surface area contributed by atoms with E-state index < -0.39 is 0 Å². The van der Waals surface area contributed by atoms with E-state index in [2.05, 4.69) is 6.08 Å². The lowest BCUT2D eigenvalue weighted by Gasteiger charge is -2.40. The first-order chi connectivity index (χ1) is 14.5. The monoisotopic (exact) mass is 432 g/mol. The Bertz CT molecular complexity index is 774. The van der Waals surface area contributed by atoms with Gasteiger partial charge in [0.1, 0.15) is 5.82 Å². The average Bonchev–Trinajstić information content (AvgIpc) is 3.31. The molecule has 164 valence electrons. The van der Waals surface area contributed by atoms with Crippen LogP contribution in [0.5, 0.6) is 0 Å². The zero-order valence-corrected chi connectivity index (χ0v) is 18.9. The van der Waals surface area contributed by atoms with Crippen LogP contribution >= 0.6 is 11.8 Å². The largest absolute Gasteiger partial charge is 0.342 e. The van der Waals surface area contributed by atoms with Gasteiger partial charge < -0.3 is 9.80 Å². The lowest BCUT2D eigenvalue weighted by Crippen LogP contribution is -2.48. The summed E-state index contributed by atoms with van der Waals surface area (Å²) >= 11 is 1.66. The predicted octanol–water partition coefficient (Wildman–Crippen LogP) is 4.30. The first-order valence-corrected chi connectivity index (χ1v) is 12.4. The van der Waals surface area contributed by atoms with Crippen LogP contribution in [0.2, 0.25) is 0 Å². The van der Waals surface area contributed by atoms with Gasteiger partial charge in [-0.05, 0) is 62.3 Å². The highest BCUT2D eigenvalue weighted by Crippen LogP contribution is 2.29. The van der Waals surface area contributed by atoms with Gasteiger partial charge in [0.05, 0.1) is 0 Å². The number of rotatable bonds is 8. The Morgan fingerprint density at radius 3 is 2.63 bits per heavy atom. The Balaban J connectivity index is 1.69. The van der Waals surface area contributed by atoms with Crippen LogP contribution < -0.4 is 0 Å². The fourth-order valence-electron chi connectivity index (χ4n) is 4.62. The number of thioether (sulfide) groups is 1. The molecule has 1 heterocycles. The highest BCUT2D eigenvalue weighted by atomic mass is 32.2. The van der Waals surface area contributed by atoms with Crippen LogP contribution in [0, 0.1) is 11.7 Å². The Hall–Kier alpha value is -1.82. The molecule has 0 spiro atoms. The van der Waals surface area contributed by atoms with Gasteiger partial charge in [-0.15, -0.1) is 0 Å². The van der Waals surface area contributed by atoms with Crippen molar-refractivity contribution < 1.29 is 14.0 Å². The van der Waals surface area contributed by atoms with E-state index in [9.17, 15) is 14.0 Å². The molecule has 2 amide bonds. The number of nitrogens with zero attached hydrogens (tertiary/aromatic N) is 2. The summed E-state index contributed by atoms with van der Waals surface area (Å²) in [5.74, 6) is 1.13. The molecule has 0 aromatic heterocycles. The average molecular weight is 433 g/mol. The maximum atomic E-state index is 14.4. The topological polar surface area (TPSA) is 40.6 Å². The number of benzene rings is 1. The molecule has 1 atom stereocenters. The van der Waals surface area contributed by atoms with E-state index >= 15 is 0 Å². The molecule has 4 nitrogen and oxygen atoms in total. The second-order valence-electron chi connectivity index (χ2n) is 8.36. The molecule has 1 fully saturated rings. The molecule has 1 aromatic carbocycles. The summed E-state index contributed by atoms with van der Waals surface area (Å²) < 4.78 is 14.4. The molecule has 6 heteroatoms. The molecule has 0 N–H and O–H groups in total. The third-order valence-electron chi connectivity index (χ3n) is 6.48. The van der Waals surface area contributed by atoms with Crippen molar-refractivity contribution in [2.24, 2.45) is 5.92 Å². The number of hydrogen-bond donors (Lipinski definition) is 0. The predicted molar refractivity (Wildman–Crippen MR) is 121 cm³/mol. The molecular formula is C24H33FN2O2S. The maximum absolute atomic E-state index is 14.4. The second kappa shape index (κ2) is 11.0. The molecule has 1 aromatic rings. The Labute approximate surface area is 183 Å². The van der Waals surface area contributed by atoms with Crippen LogP contribution in [0.3, 0.4) is 0 Å². The number of carbonyl (C=O) groups excluding carboxylic acids is 2. The standard InChI is InChI=1S/C24H33FN2O2S/c1-26(23(28)13-16-30-2)22(17-20-9-5-6-10-21(20)25)18-11-14-27(15-12-18)24(29)19-7-3-4-8-19/h5-7,9-10,18,22H,3-4,8,11-17H2,1-2H3. The Kier molecular flexibility index (Phi) is 8.37. The van der Waals surface area contributed by atoms with Gasteiger partial charge >= 0.3 is 0 Å². The van der Waals surface area contributed by atoms with Crippen molar-refractivity contribution >= 4 is 23.6 Å². The second-order valence-corrected chi connectivity index (χ2v) is 9.35. The van der Waals surface area contributed by atoms with Crippen LogP contribution in [0.25, 0.3) is 0 Å². The lowest BCUT2D eigenvalue weighted by molar-refractivity contribution is -0.134. The zero-order valence-electron chi connectivity index (χ0n) is 18.1. The first kappa shape index (κ1) is 22.9. The normalized spacial score (nSPS) is 18.2. The quantitative estimate of drug-likeness (QED) is 0.615. The van der Waals surface area contributed by atoms with Crippen molar-refractivity contribution in [2.75, 3.05) is 32.1 Å². The molecule has 1 saturated heterocycles. The summed E-state index contributed by atoms with van der Waals surface area (Å²) in [6, 6.07) is 6.79. The molecule has 0 radical (unpaired) electrons. The maximum Gasteiger partial charge on any atom is 0.249 e.